The van der Waals surface area contributed by atoms with Gasteiger partial charge in [-0.15, -0.1) is 0 Å². The summed E-state index contributed by atoms with van der Waals surface area (Å²) in [5.41, 5.74) is 4.95. The Morgan fingerprint density at radius 3 is 2.13 bits per heavy atom. The number of hydrogen-bond acceptors (Lipinski definition) is 8. The van der Waals surface area contributed by atoms with Crippen LogP contribution >= 0.6 is 27.5 Å². The summed E-state index contributed by atoms with van der Waals surface area (Å²) >= 11 is 9.77. The van der Waals surface area contributed by atoms with Crippen molar-refractivity contribution in [3.63, 3.8) is 0 Å². The van der Waals surface area contributed by atoms with Crippen molar-refractivity contribution in [1.82, 2.24) is 28.9 Å². The minimum Gasteiger partial charge on any atom is -0.364 e. The highest BCUT2D eigenvalue weighted by atomic mass is 79.9. The van der Waals surface area contributed by atoms with Crippen LogP contribution in [0.3, 0.4) is 0 Å². The number of rotatable bonds is 7. The van der Waals surface area contributed by atoms with E-state index < -0.39 is 23.1 Å². The molecule has 0 bridgehead atoms. The van der Waals surface area contributed by atoms with Crippen LogP contribution < -0.4 is 26.9 Å². The number of carbonyl (C=O) groups is 1. The average molecular weight is 707 g/mol. The number of fused-ring (bicyclic) bond motifs is 2. The molecule has 0 aliphatic heterocycles. The van der Waals surface area contributed by atoms with E-state index in [1.54, 1.807) is 74.4 Å². The molecule has 2 N–H and O–H groups in total. The zero-order chi connectivity index (χ0) is 33.0. The van der Waals surface area contributed by atoms with Crippen molar-refractivity contribution >= 4 is 66.9 Å². The zero-order valence-corrected chi connectivity index (χ0v) is 27.3. The van der Waals surface area contributed by atoms with Crippen LogP contribution in [0.2, 0.25) is 5.02 Å². The Morgan fingerprint density at radius 2 is 1.50 bits per heavy atom. The van der Waals surface area contributed by atoms with Crippen LogP contribution in [0, 0.1) is 5.82 Å². The topological polar surface area (TPSA) is 137 Å². The van der Waals surface area contributed by atoms with Gasteiger partial charge in [0.25, 0.3) is 5.91 Å². The van der Waals surface area contributed by atoms with Gasteiger partial charge in [0.15, 0.2) is 11.5 Å². The zero-order valence-electron chi connectivity index (χ0n) is 25.0. The normalized spacial score (nSPS) is 11.4. The number of anilines is 2. The summed E-state index contributed by atoms with van der Waals surface area (Å²) in [5.74, 6) is -0.602. The Bertz CT molecular complexity index is 2330. The summed E-state index contributed by atoms with van der Waals surface area (Å²) in [5, 5.41) is 5.91. The molecular formula is C31H26BrClFN9O3. The van der Waals surface area contributed by atoms with Crippen molar-refractivity contribution in [3.05, 3.63) is 108 Å². The summed E-state index contributed by atoms with van der Waals surface area (Å²) in [6.45, 7) is -0.240. The van der Waals surface area contributed by atoms with Gasteiger partial charge in [0.2, 0.25) is 0 Å². The van der Waals surface area contributed by atoms with Crippen molar-refractivity contribution in [1.29, 1.82) is 0 Å². The summed E-state index contributed by atoms with van der Waals surface area (Å²) in [7, 11) is 7.04. The van der Waals surface area contributed by atoms with Crippen molar-refractivity contribution in [2.75, 3.05) is 38.0 Å². The van der Waals surface area contributed by atoms with Gasteiger partial charge in [-0.3, -0.25) is 9.36 Å². The second-order valence-corrected chi connectivity index (χ2v) is 12.2. The third-order valence-corrected chi connectivity index (χ3v) is 8.10. The number of nitrogens with zero attached hydrogens (tertiary/aromatic N) is 8. The molecule has 234 valence electrons. The van der Waals surface area contributed by atoms with E-state index in [4.69, 9.17) is 17.3 Å². The standard InChI is InChI=1S/C31H26BrClFN9O3/c1-39(2)28-19-10-8-17(32)12-23(19)43(31(46)37-28)25-14-21(27(35)44)38-41(25)15-16-6-5-7-22(26(16)34)42-24-13-18(33)9-11-20(24)29(40(3)4)36-30(42)45/h5-14H,15H2,1-4H3,(H2,35,44). The van der Waals surface area contributed by atoms with Gasteiger partial charge < -0.3 is 15.5 Å². The van der Waals surface area contributed by atoms with E-state index in [1.807, 2.05) is 6.07 Å². The van der Waals surface area contributed by atoms with Crippen molar-refractivity contribution in [2.45, 2.75) is 6.54 Å². The average Bonchev–Trinajstić information content (AvgIpc) is 3.41. The van der Waals surface area contributed by atoms with E-state index in [1.165, 1.54) is 27.4 Å². The number of aromatic nitrogens is 6. The number of nitrogens with two attached hydrogens (primary N) is 1. The second-order valence-electron chi connectivity index (χ2n) is 10.9. The molecule has 46 heavy (non-hydrogen) atoms. The predicted octanol–water partition coefficient (Wildman–Crippen LogP) is 4.12. The molecule has 3 heterocycles. The lowest BCUT2D eigenvalue weighted by Crippen LogP contribution is -2.28. The molecule has 0 unspecified atom stereocenters. The van der Waals surface area contributed by atoms with Gasteiger partial charge in [-0.2, -0.15) is 15.1 Å². The molecule has 0 aliphatic carbocycles. The van der Waals surface area contributed by atoms with Gasteiger partial charge in [0, 0.05) is 60.1 Å². The van der Waals surface area contributed by atoms with Crippen LogP contribution in [0.4, 0.5) is 16.0 Å². The Hall–Kier alpha value is -5.08. The van der Waals surface area contributed by atoms with Gasteiger partial charge >= 0.3 is 11.4 Å². The van der Waals surface area contributed by atoms with E-state index in [2.05, 4.69) is 31.0 Å². The number of halogens is 3. The first-order chi connectivity index (χ1) is 21.8. The Kier molecular flexibility index (Phi) is 7.86. The second kappa shape index (κ2) is 11.7. The number of carbonyl (C=O) groups excluding carboxylic acids is 1. The highest BCUT2D eigenvalue weighted by Crippen LogP contribution is 2.30. The van der Waals surface area contributed by atoms with Crippen LogP contribution in [0.15, 0.2) is 74.7 Å². The lowest BCUT2D eigenvalue weighted by atomic mass is 10.1. The number of hydrogen-bond donors (Lipinski definition) is 1. The molecule has 0 atom stereocenters. The third-order valence-electron chi connectivity index (χ3n) is 7.38. The summed E-state index contributed by atoms with van der Waals surface area (Å²) in [6, 6.07) is 16.2. The van der Waals surface area contributed by atoms with E-state index in [0.29, 0.717) is 42.9 Å². The fourth-order valence-electron chi connectivity index (χ4n) is 5.35. The van der Waals surface area contributed by atoms with Gasteiger partial charge in [0.05, 0.1) is 23.3 Å². The highest BCUT2D eigenvalue weighted by Gasteiger charge is 2.23. The smallest absolute Gasteiger partial charge is 0.355 e. The Morgan fingerprint density at radius 1 is 0.891 bits per heavy atom. The van der Waals surface area contributed by atoms with Crippen LogP contribution in [0.25, 0.3) is 33.3 Å². The van der Waals surface area contributed by atoms with Crippen LogP contribution in [0.1, 0.15) is 16.1 Å². The predicted molar refractivity (Wildman–Crippen MR) is 179 cm³/mol. The van der Waals surface area contributed by atoms with Crippen molar-refractivity contribution in [2.24, 2.45) is 5.73 Å². The third kappa shape index (κ3) is 5.28. The molecule has 15 heteroatoms. The molecule has 0 saturated heterocycles. The van der Waals surface area contributed by atoms with E-state index >= 15 is 4.39 Å². The summed E-state index contributed by atoms with van der Waals surface area (Å²) < 4.78 is 20.9. The molecule has 1 amide bonds. The molecule has 3 aromatic carbocycles. The number of primary amides is 1. The van der Waals surface area contributed by atoms with Crippen LogP contribution in [-0.2, 0) is 6.54 Å². The molecule has 6 aromatic rings. The van der Waals surface area contributed by atoms with Crippen molar-refractivity contribution in [3.8, 4) is 11.5 Å². The van der Waals surface area contributed by atoms with Crippen LogP contribution in [-0.4, -0.2) is 63.0 Å². The monoisotopic (exact) mass is 705 g/mol. The summed E-state index contributed by atoms with van der Waals surface area (Å²) in [4.78, 5) is 51.1. The van der Waals surface area contributed by atoms with Crippen molar-refractivity contribution < 1.29 is 9.18 Å². The maximum absolute atomic E-state index is 16.5. The molecular weight excluding hydrogens is 681 g/mol. The lowest BCUT2D eigenvalue weighted by Gasteiger charge is -2.19. The van der Waals surface area contributed by atoms with Crippen LogP contribution in [0.5, 0.6) is 0 Å². The van der Waals surface area contributed by atoms with E-state index in [-0.39, 0.29) is 29.3 Å². The molecule has 0 aliphatic rings. The summed E-state index contributed by atoms with van der Waals surface area (Å²) in [6.07, 6.45) is 0. The first kappa shape index (κ1) is 30.9. The SMILES string of the molecule is CN(C)c1nc(=O)n(-c2cccc(Cn3nc(C(N)=O)cc3-n3c(=O)nc(N(C)C)c4ccc(Br)cc43)c2F)c2cc(Cl)ccc12. The lowest BCUT2D eigenvalue weighted by molar-refractivity contribution is 0.0994. The van der Waals surface area contributed by atoms with E-state index in [9.17, 15) is 14.4 Å². The molecule has 0 fully saturated rings. The first-order valence-corrected chi connectivity index (χ1v) is 15.0. The maximum atomic E-state index is 16.5. The molecule has 6 rings (SSSR count). The molecule has 0 spiro atoms. The number of benzene rings is 3. The largest absolute Gasteiger partial charge is 0.364 e. The highest BCUT2D eigenvalue weighted by molar-refractivity contribution is 9.10. The van der Waals surface area contributed by atoms with Gasteiger partial charge in [-0.05, 0) is 42.5 Å². The fourth-order valence-corrected chi connectivity index (χ4v) is 5.86. The molecule has 3 aromatic heterocycles. The Balaban J connectivity index is 1.56. The van der Waals surface area contributed by atoms with Gasteiger partial charge in [0.1, 0.15) is 17.5 Å². The first-order valence-electron chi connectivity index (χ1n) is 13.8. The molecule has 0 radical (unpaired) electrons. The molecule has 0 saturated carbocycles. The quantitative estimate of drug-likeness (QED) is 0.262. The molecule has 12 nitrogen and oxygen atoms in total. The van der Waals surface area contributed by atoms with Gasteiger partial charge in [-0.25, -0.2) is 23.2 Å². The fraction of sp³-hybridized carbons (Fsp3) is 0.161. The van der Waals surface area contributed by atoms with E-state index in [0.717, 1.165) is 4.57 Å². The van der Waals surface area contributed by atoms with Gasteiger partial charge in [-0.1, -0.05) is 39.7 Å². The Labute approximate surface area is 274 Å². The minimum atomic E-state index is -0.840. The maximum Gasteiger partial charge on any atom is 0.355 e. The number of amides is 1. The minimum absolute atomic E-state index is 0.0695.